The number of amides is 1. The van der Waals surface area contributed by atoms with E-state index in [1.165, 1.54) is 0 Å². The summed E-state index contributed by atoms with van der Waals surface area (Å²) >= 11 is 0. The van der Waals surface area contributed by atoms with Crippen molar-refractivity contribution in [2.24, 2.45) is 11.5 Å². The predicted molar refractivity (Wildman–Crippen MR) is 49.9 cm³/mol. The first kappa shape index (κ1) is 14.2. The lowest BCUT2D eigenvalue weighted by Crippen LogP contribution is -2.44. The van der Waals surface area contributed by atoms with E-state index in [2.05, 4.69) is 0 Å². The van der Waals surface area contributed by atoms with Crippen molar-refractivity contribution in [3.8, 4) is 0 Å². The molecule has 0 radical (unpaired) electrons. The van der Waals surface area contributed by atoms with Crippen LogP contribution in [0.2, 0.25) is 0 Å². The molecule has 4 nitrogen and oxygen atoms in total. The first-order valence-electron chi connectivity index (χ1n) is 4.67. The van der Waals surface area contributed by atoms with Crippen molar-refractivity contribution in [3.05, 3.63) is 0 Å². The van der Waals surface area contributed by atoms with Gasteiger partial charge in [-0.25, -0.2) is 0 Å². The lowest BCUT2D eigenvalue weighted by molar-refractivity contribution is -0.139. The summed E-state index contributed by atoms with van der Waals surface area (Å²) in [4.78, 5) is 11.0. The van der Waals surface area contributed by atoms with E-state index in [9.17, 15) is 18.0 Å². The number of hydrogen-bond acceptors (Lipinski definition) is 3. The summed E-state index contributed by atoms with van der Waals surface area (Å²) in [6.45, 7) is -0.854. The van der Waals surface area contributed by atoms with E-state index in [0.29, 0.717) is 25.8 Å². The first-order valence-corrected chi connectivity index (χ1v) is 4.67. The minimum atomic E-state index is -4.40. The molecule has 0 bridgehead atoms. The normalized spacial score (nSPS) is 13.7. The van der Waals surface area contributed by atoms with Crippen LogP contribution in [0, 0.1) is 0 Å². The zero-order valence-electron chi connectivity index (χ0n) is 8.31. The zero-order chi connectivity index (χ0) is 11.9. The molecule has 0 aliphatic rings. The van der Waals surface area contributed by atoms with Gasteiger partial charge in [-0.2, -0.15) is 13.2 Å². The van der Waals surface area contributed by atoms with Gasteiger partial charge in [-0.1, -0.05) is 6.42 Å². The molecule has 0 fully saturated rings. The highest BCUT2D eigenvalue weighted by molar-refractivity contribution is 5.81. The van der Waals surface area contributed by atoms with Crippen LogP contribution in [0.5, 0.6) is 0 Å². The number of halogens is 3. The van der Waals surface area contributed by atoms with Crippen LogP contribution in [0.15, 0.2) is 0 Å². The molecule has 0 saturated carbocycles. The van der Waals surface area contributed by atoms with Crippen molar-refractivity contribution in [1.29, 1.82) is 0 Å². The summed E-state index contributed by atoms with van der Waals surface area (Å²) in [7, 11) is 0. The Morgan fingerprint density at radius 2 is 1.93 bits per heavy atom. The summed E-state index contributed by atoms with van der Waals surface area (Å²) in [5.74, 6) is -0.774. The summed E-state index contributed by atoms with van der Waals surface area (Å²) in [5.41, 5.74) is 10.6. The lowest BCUT2D eigenvalue weighted by Gasteiger charge is -2.13. The highest BCUT2D eigenvalue weighted by Gasteiger charge is 2.28. The van der Waals surface area contributed by atoms with Gasteiger partial charge in [0.1, 0.15) is 6.54 Å². The van der Waals surface area contributed by atoms with Crippen LogP contribution >= 0.6 is 0 Å². The molecule has 5 N–H and O–H groups in total. The highest BCUT2D eigenvalue weighted by Crippen LogP contribution is 2.12. The van der Waals surface area contributed by atoms with E-state index in [0.717, 1.165) is 0 Å². The molecule has 0 heterocycles. The number of nitrogens with two attached hydrogens (primary N) is 2. The van der Waals surface area contributed by atoms with E-state index in [1.807, 2.05) is 0 Å². The number of unbranched alkanes of at least 4 members (excludes halogenated alkanes) is 1. The molecule has 0 aromatic rings. The molecule has 0 spiro atoms. The van der Waals surface area contributed by atoms with Gasteiger partial charge < -0.3 is 16.8 Å². The average molecular weight is 227 g/mol. The Hall–Kier alpha value is -0.820. The maximum atomic E-state index is 11.7. The maximum Gasteiger partial charge on any atom is 0.405 e. The van der Waals surface area contributed by atoms with Crippen LogP contribution in [-0.4, -0.2) is 31.2 Å². The second-order valence-corrected chi connectivity index (χ2v) is 3.22. The number of nitrogens with one attached hydrogen (secondary N) is 1. The van der Waals surface area contributed by atoms with Crippen molar-refractivity contribution in [1.82, 2.24) is 5.32 Å². The molecule has 90 valence electrons. The molecule has 0 aliphatic carbocycles. The molecule has 7 heteroatoms. The van der Waals surface area contributed by atoms with Gasteiger partial charge >= 0.3 is 6.18 Å². The molecule has 0 aromatic heterocycles. The van der Waals surface area contributed by atoms with Crippen LogP contribution in [0.1, 0.15) is 19.3 Å². The van der Waals surface area contributed by atoms with Gasteiger partial charge in [-0.3, -0.25) is 4.79 Å². The second kappa shape index (κ2) is 6.62. The zero-order valence-corrected chi connectivity index (χ0v) is 8.31. The van der Waals surface area contributed by atoms with Gasteiger partial charge in [-0.05, 0) is 19.4 Å². The van der Waals surface area contributed by atoms with E-state index in [4.69, 9.17) is 11.5 Å². The topological polar surface area (TPSA) is 81.1 Å². The first-order chi connectivity index (χ1) is 6.87. The van der Waals surface area contributed by atoms with Crippen LogP contribution in [0.25, 0.3) is 0 Å². The van der Waals surface area contributed by atoms with Gasteiger partial charge in [-0.15, -0.1) is 0 Å². The molecular formula is C8H16F3N3O. The van der Waals surface area contributed by atoms with Gasteiger partial charge in [0.25, 0.3) is 0 Å². The Morgan fingerprint density at radius 3 is 2.40 bits per heavy atom. The number of carbonyl (C=O) groups excluding carboxylic acids is 1. The van der Waals surface area contributed by atoms with Gasteiger partial charge in [0.05, 0.1) is 6.04 Å². The predicted octanol–water partition coefficient (Wildman–Crippen LogP) is 0.121. The fourth-order valence-electron chi connectivity index (χ4n) is 0.958. The third kappa shape index (κ3) is 8.19. The maximum absolute atomic E-state index is 11.7. The Bertz CT molecular complexity index is 196. The second-order valence-electron chi connectivity index (χ2n) is 3.22. The van der Waals surface area contributed by atoms with E-state index in [-0.39, 0.29) is 0 Å². The average Bonchev–Trinajstić information content (AvgIpc) is 2.13. The summed E-state index contributed by atoms with van der Waals surface area (Å²) in [6.07, 6.45) is -2.70. The van der Waals surface area contributed by atoms with Crippen molar-refractivity contribution in [3.63, 3.8) is 0 Å². The van der Waals surface area contributed by atoms with Crippen LogP contribution < -0.4 is 16.8 Å². The SMILES string of the molecule is NCCCC[C@H](N)C(=O)NCC(F)(F)F. The highest BCUT2D eigenvalue weighted by atomic mass is 19.4. The Labute approximate surface area is 86.2 Å². The number of alkyl halides is 3. The lowest BCUT2D eigenvalue weighted by atomic mass is 10.1. The third-order valence-electron chi connectivity index (χ3n) is 1.77. The Morgan fingerprint density at radius 1 is 1.33 bits per heavy atom. The van der Waals surface area contributed by atoms with Gasteiger partial charge in [0, 0.05) is 0 Å². The minimum Gasteiger partial charge on any atom is -0.346 e. The van der Waals surface area contributed by atoms with Crippen LogP contribution in [-0.2, 0) is 4.79 Å². The molecule has 0 unspecified atom stereocenters. The summed E-state index contributed by atoms with van der Waals surface area (Å²) in [5, 5.41) is 1.73. The molecule has 0 rings (SSSR count). The molecule has 1 atom stereocenters. The molecule has 15 heavy (non-hydrogen) atoms. The number of hydrogen-bond donors (Lipinski definition) is 3. The van der Waals surface area contributed by atoms with Crippen molar-refractivity contribution in [2.45, 2.75) is 31.5 Å². The van der Waals surface area contributed by atoms with Crippen LogP contribution in [0.4, 0.5) is 13.2 Å². The van der Waals surface area contributed by atoms with Crippen molar-refractivity contribution in [2.75, 3.05) is 13.1 Å². The number of carbonyl (C=O) groups is 1. The molecule has 0 aromatic carbocycles. The quantitative estimate of drug-likeness (QED) is 0.564. The standard InChI is InChI=1S/C8H16F3N3O/c9-8(10,11)5-14-7(15)6(13)3-1-2-4-12/h6H,1-5,12-13H2,(H,14,15)/t6-/m0/s1. The molecule has 0 saturated heterocycles. The summed E-state index contributed by atoms with van der Waals surface area (Å²) in [6, 6.07) is -0.890. The van der Waals surface area contributed by atoms with Crippen molar-refractivity contribution < 1.29 is 18.0 Å². The van der Waals surface area contributed by atoms with Crippen molar-refractivity contribution >= 4 is 5.91 Å². The Balaban J connectivity index is 3.70. The third-order valence-corrected chi connectivity index (χ3v) is 1.77. The Kier molecular flexibility index (Phi) is 6.26. The number of rotatable bonds is 6. The largest absolute Gasteiger partial charge is 0.405 e. The fraction of sp³-hybridized carbons (Fsp3) is 0.875. The van der Waals surface area contributed by atoms with E-state index < -0.39 is 24.7 Å². The van der Waals surface area contributed by atoms with E-state index >= 15 is 0 Å². The molecule has 1 amide bonds. The molecule has 0 aliphatic heterocycles. The smallest absolute Gasteiger partial charge is 0.346 e. The van der Waals surface area contributed by atoms with Gasteiger partial charge in [0.2, 0.25) is 5.91 Å². The van der Waals surface area contributed by atoms with Gasteiger partial charge in [0.15, 0.2) is 0 Å². The minimum absolute atomic E-state index is 0.348. The van der Waals surface area contributed by atoms with E-state index in [1.54, 1.807) is 5.32 Å². The monoisotopic (exact) mass is 227 g/mol. The summed E-state index contributed by atoms with van der Waals surface area (Å²) < 4.78 is 35.1. The van der Waals surface area contributed by atoms with Crippen LogP contribution in [0.3, 0.4) is 0 Å². The fourth-order valence-corrected chi connectivity index (χ4v) is 0.958. The molecular weight excluding hydrogens is 211 g/mol.